The Kier molecular flexibility index (Phi) is 5.22. The highest BCUT2D eigenvalue weighted by atomic mass is 16.2. The van der Waals surface area contributed by atoms with Crippen molar-refractivity contribution in [1.29, 1.82) is 0 Å². The van der Waals surface area contributed by atoms with E-state index in [4.69, 9.17) is 0 Å². The van der Waals surface area contributed by atoms with Gasteiger partial charge in [0.25, 0.3) is 5.91 Å². The number of aryl methyl sites for hydroxylation is 1. The average Bonchev–Trinajstić information content (AvgIpc) is 3.28. The molecule has 8 heteroatoms. The number of H-pyrrole nitrogens is 1. The van der Waals surface area contributed by atoms with Gasteiger partial charge >= 0.3 is 0 Å². The normalized spacial score (nSPS) is 17.2. The molecule has 2 aromatic rings. The SMILES string of the molecule is Cc1nc(C(=O)N(C)Cc2cnc[nH]2)nc(N2CC[C@@H](N(C)C)C2)c1C. The second kappa shape index (κ2) is 7.41. The summed E-state index contributed by atoms with van der Waals surface area (Å²) in [6.07, 6.45) is 4.41. The molecule has 1 fully saturated rings. The number of anilines is 1. The van der Waals surface area contributed by atoms with Crippen molar-refractivity contribution in [2.45, 2.75) is 32.9 Å². The average molecular weight is 357 g/mol. The van der Waals surface area contributed by atoms with Crippen LogP contribution in [-0.2, 0) is 6.54 Å². The number of hydrogen-bond donors (Lipinski definition) is 1. The van der Waals surface area contributed by atoms with Gasteiger partial charge in [-0.1, -0.05) is 0 Å². The Hall–Kier alpha value is -2.48. The number of amides is 1. The molecule has 3 rings (SSSR count). The number of rotatable bonds is 5. The Bertz CT molecular complexity index is 772. The van der Waals surface area contributed by atoms with E-state index in [1.54, 1.807) is 24.5 Å². The summed E-state index contributed by atoms with van der Waals surface area (Å²) in [6, 6.07) is 0.506. The minimum atomic E-state index is -0.188. The van der Waals surface area contributed by atoms with Gasteiger partial charge in [-0.15, -0.1) is 0 Å². The molecule has 26 heavy (non-hydrogen) atoms. The van der Waals surface area contributed by atoms with E-state index >= 15 is 0 Å². The van der Waals surface area contributed by atoms with Crippen molar-refractivity contribution < 1.29 is 4.79 Å². The highest BCUT2D eigenvalue weighted by Gasteiger charge is 2.28. The lowest BCUT2D eigenvalue weighted by Gasteiger charge is -2.24. The summed E-state index contributed by atoms with van der Waals surface area (Å²) < 4.78 is 0. The van der Waals surface area contributed by atoms with E-state index in [0.29, 0.717) is 12.6 Å². The van der Waals surface area contributed by atoms with E-state index in [-0.39, 0.29) is 11.7 Å². The lowest BCUT2D eigenvalue weighted by atomic mass is 10.2. The number of aromatic amines is 1. The van der Waals surface area contributed by atoms with E-state index in [1.807, 2.05) is 13.8 Å². The third-order valence-electron chi connectivity index (χ3n) is 5.06. The van der Waals surface area contributed by atoms with E-state index in [9.17, 15) is 4.79 Å². The predicted octanol–water partition coefficient (Wildman–Crippen LogP) is 1.23. The van der Waals surface area contributed by atoms with Crippen molar-refractivity contribution >= 4 is 11.7 Å². The van der Waals surface area contributed by atoms with Crippen LogP contribution in [-0.4, -0.2) is 75.9 Å². The summed E-state index contributed by atoms with van der Waals surface area (Å²) in [5.74, 6) is 0.936. The fraction of sp³-hybridized carbons (Fsp3) is 0.556. The van der Waals surface area contributed by atoms with Crippen LogP contribution in [0.1, 0.15) is 34.0 Å². The molecule has 140 valence electrons. The van der Waals surface area contributed by atoms with Crippen molar-refractivity contribution in [3.63, 3.8) is 0 Å². The molecule has 1 amide bonds. The molecule has 1 saturated heterocycles. The summed E-state index contributed by atoms with van der Waals surface area (Å²) in [6.45, 7) is 6.26. The van der Waals surface area contributed by atoms with E-state index < -0.39 is 0 Å². The van der Waals surface area contributed by atoms with Crippen molar-refractivity contribution in [1.82, 2.24) is 29.7 Å². The van der Waals surface area contributed by atoms with Crippen LogP contribution in [0.25, 0.3) is 0 Å². The van der Waals surface area contributed by atoms with Gasteiger partial charge in [0.05, 0.1) is 18.6 Å². The zero-order valence-corrected chi connectivity index (χ0v) is 16.2. The first-order chi connectivity index (χ1) is 12.4. The first-order valence-corrected chi connectivity index (χ1v) is 8.86. The van der Waals surface area contributed by atoms with Crippen LogP contribution >= 0.6 is 0 Å². The van der Waals surface area contributed by atoms with Crippen LogP contribution in [0.4, 0.5) is 5.82 Å². The van der Waals surface area contributed by atoms with Gasteiger partial charge < -0.3 is 19.7 Å². The minimum Gasteiger partial charge on any atom is -0.355 e. The van der Waals surface area contributed by atoms with Gasteiger partial charge in [0.2, 0.25) is 5.82 Å². The van der Waals surface area contributed by atoms with Crippen molar-refractivity contribution in [2.24, 2.45) is 0 Å². The highest BCUT2D eigenvalue weighted by molar-refractivity contribution is 5.90. The number of likely N-dealkylation sites (N-methyl/N-ethyl adjacent to an activating group) is 1. The Morgan fingerprint density at radius 2 is 2.08 bits per heavy atom. The van der Waals surface area contributed by atoms with Gasteiger partial charge in [0.1, 0.15) is 5.82 Å². The maximum absolute atomic E-state index is 12.8. The molecule has 1 atom stereocenters. The first kappa shape index (κ1) is 18.3. The van der Waals surface area contributed by atoms with Gasteiger partial charge in [0.15, 0.2) is 0 Å². The number of imidazole rings is 1. The monoisotopic (exact) mass is 357 g/mol. The Morgan fingerprint density at radius 3 is 2.69 bits per heavy atom. The predicted molar refractivity (Wildman–Crippen MR) is 100 cm³/mol. The topological polar surface area (TPSA) is 81.2 Å². The summed E-state index contributed by atoms with van der Waals surface area (Å²) in [5.41, 5.74) is 2.76. The van der Waals surface area contributed by atoms with E-state index in [1.165, 1.54) is 0 Å². The van der Waals surface area contributed by atoms with Crippen LogP contribution in [0.2, 0.25) is 0 Å². The van der Waals surface area contributed by atoms with Gasteiger partial charge in [-0.2, -0.15) is 0 Å². The molecule has 0 bridgehead atoms. The van der Waals surface area contributed by atoms with Crippen LogP contribution in [0.3, 0.4) is 0 Å². The summed E-state index contributed by atoms with van der Waals surface area (Å²) in [7, 11) is 5.95. The van der Waals surface area contributed by atoms with Crippen molar-refractivity contribution in [3.8, 4) is 0 Å². The number of carbonyl (C=O) groups is 1. The molecular formula is C18H27N7O. The fourth-order valence-corrected chi connectivity index (χ4v) is 3.24. The third-order valence-corrected chi connectivity index (χ3v) is 5.06. The maximum atomic E-state index is 12.8. The fourth-order valence-electron chi connectivity index (χ4n) is 3.24. The number of carbonyl (C=O) groups excluding carboxylic acids is 1. The second-order valence-corrected chi connectivity index (χ2v) is 7.17. The molecular weight excluding hydrogens is 330 g/mol. The zero-order chi connectivity index (χ0) is 18.8. The highest BCUT2D eigenvalue weighted by Crippen LogP contribution is 2.25. The molecule has 0 aliphatic carbocycles. The molecule has 1 aliphatic rings. The molecule has 0 saturated carbocycles. The molecule has 1 N–H and O–H groups in total. The molecule has 8 nitrogen and oxygen atoms in total. The van der Waals surface area contributed by atoms with E-state index in [2.05, 4.69) is 43.8 Å². The smallest absolute Gasteiger partial charge is 0.291 e. The minimum absolute atomic E-state index is 0.188. The lowest BCUT2D eigenvalue weighted by molar-refractivity contribution is 0.0771. The standard InChI is InChI=1S/C18H27N7O/c1-12-13(2)21-16(18(26)24(5)9-14-8-19-11-20-14)22-17(12)25-7-6-15(10-25)23(3)4/h8,11,15H,6-7,9-10H2,1-5H3,(H,19,20)/t15-/m1/s1. The molecule has 1 aliphatic heterocycles. The van der Waals surface area contributed by atoms with Gasteiger partial charge in [-0.3, -0.25) is 4.79 Å². The van der Waals surface area contributed by atoms with Crippen LogP contribution in [0.5, 0.6) is 0 Å². The van der Waals surface area contributed by atoms with Crippen molar-refractivity contribution in [3.05, 3.63) is 35.3 Å². The van der Waals surface area contributed by atoms with Gasteiger partial charge in [-0.05, 0) is 34.4 Å². The number of aromatic nitrogens is 4. The summed E-state index contributed by atoms with van der Waals surface area (Å²) >= 11 is 0. The lowest BCUT2D eigenvalue weighted by Crippen LogP contribution is -2.33. The first-order valence-electron chi connectivity index (χ1n) is 8.86. The Balaban J connectivity index is 1.82. The van der Waals surface area contributed by atoms with Crippen LogP contribution < -0.4 is 4.90 Å². The van der Waals surface area contributed by atoms with Gasteiger partial charge in [-0.25, -0.2) is 15.0 Å². The number of nitrogens with zero attached hydrogens (tertiary/aromatic N) is 6. The number of hydrogen-bond acceptors (Lipinski definition) is 6. The van der Waals surface area contributed by atoms with Crippen LogP contribution in [0, 0.1) is 13.8 Å². The molecule has 0 spiro atoms. The molecule has 0 radical (unpaired) electrons. The second-order valence-electron chi connectivity index (χ2n) is 7.17. The van der Waals surface area contributed by atoms with Gasteiger partial charge in [0, 0.05) is 43.6 Å². The molecule has 0 aromatic carbocycles. The molecule has 0 unspecified atom stereocenters. The van der Waals surface area contributed by atoms with Crippen molar-refractivity contribution in [2.75, 3.05) is 39.1 Å². The Labute approximate surface area is 154 Å². The van der Waals surface area contributed by atoms with Crippen LogP contribution in [0.15, 0.2) is 12.5 Å². The summed E-state index contributed by atoms with van der Waals surface area (Å²) in [4.78, 5) is 35.0. The summed E-state index contributed by atoms with van der Waals surface area (Å²) in [5, 5.41) is 0. The Morgan fingerprint density at radius 1 is 1.31 bits per heavy atom. The zero-order valence-electron chi connectivity index (χ0n) is 16.2. The molecule has 2 aromatic heterocycles. The third kappa shape index (κ3) is 3.70. The molecule has 3 heterocycles. The quantitative estimate of drug-likeness (QED) is 0.867. The maximum Gasteiger partial charge on any atom is 0.291 e. The largest absolute Gasteiger partial charge is 0.355 e. The number of nitrogens with one attached hydrogen (secondary N) is 1. The van der Waals surface area contributed by atoms with E-state index in [0.717, 1.165) is 42.3 Å².